The van der Waals surface area contributed by atoms with Gasteiger partial charge in [0.2, 0.25) is 0 Å². The number of rotatable bonds is 2. The summed E-state index contributed by atoms with van der Waals surface area (Å²) in [5.74, 6) is 3.92. The van der Waals surface area contributed by atoms with Gasteiger partial charge in [-0.3, -0.25) is 4.79 Å². The Morgan fingerprint density at radius 2 is 2.29 bits per heavy atom. The van der Waals surface area contributed by atoms with Crippen molar-refractivity contribution in [3.8, 4) is 11.8 Å². The average molecular weight is 293 g/mol. The topological polar surface area (TPSA) is 70.0 Å². The molecule has 0 bridgehead atoms. The van der Waals surface area contributed by atoms with E-state index in [0.29, 0.717) is 13.2 Å². The highest BCUT2D eigenvalue weighted by Gasteiger charge is 2.24. The molecule has 2 N–H and O–H groups in total. The van der Waals surface area contributed by atoms with Gasteiger partial charge in [-0.15, -0.1) is 0 Å². The zero-order chi connectivity index (χ0) is 15.2. The molecule has 1 aromatic carbocycles. The van der Waals surface area contributed by atoms with Crippen LogP contribution < -0.4 is 0 Å². The molecule has 1 aliphatic rings. The lowest BCUT2D eigenvalue weighted by molar-refractivity contribution is -0.0447. The second-order valence-electron chi connectivity index (χ2n) is 4.58. The molecule has 1 heterocycles. The summed E-state index contributed by atoms with van der Waals surface area (Å²) in [7, 11) is 0. The Morgan fingerprint density at radius 1 is 1.48 bits per heavy atom. The predicted octanol–water partition coefficient (Wildman–Crippen LogP) is 0.00280. The Balaban J connectivity index is 2.14. The standard InChI is InChI=1S/C15H16FNO4/c16-14-8-12(4-3-11(14)2-1-6-18)15(20)17-5-7-21-13(9-17)10-19/h3-4,8,13,18-19H,5-7,9-10H2. The van der Waals surface area contributed by atoms with Crippen LogP contribution in [0.2, 0.25) is 0 Å². The largest absolute Gasteiger partial charge is 0.394 e. The fourth-order valence-corrected chi connectivity index (χ4v) is 2.08. The van der Waals surface area contributed by atoms with Crippen LogP contribution in [-0.4, -0.2) is 60.0 Å². The van der Waals surface area contributed by atoms with Gasteiger partial charge in [0.25, 0.3) is 5.91 Å². The van der Waals surface area contributed by atoms with E-state index in [9.17, 15) is 9.18 Å². The van der Waals surface area contributed by atoms with E-state index in [1.165, 1.54) is 17.0 Å². The Bertz CT molecular complexity index is 579. The van der Waals surface area contributed by atoms with Crippen LogP contribution in [0.15, 0.2) is 18.2 Å². The highest BCUT2D eigenvalue weighted by atomic mass is 19.1. The molecule has 1 aromatic rings. The second-order valence-corrected chi connectivity index (χ2v) is 4.58. The van der Waals surface area contributed by atoms with Gasteiger partial charge < -0.3 is 19.8 Å². The van der Waals surface area contributed by atoms with Crippen molar-refractivity contribution < 1.29 is 24.1 Å². The third-order valence-corrected chi connectivity index (χ3v) is 3.15. The summed E-state index contributed by atoms with van der Waals surface area (Å²) in [6, 6.07) is 4.04. The maximum atomic E-state index is 13.8. The van der Waals surface area contributed by atoms with Crippen LogP contribution in [0, 0.1) is 17.7 Å². The van der Waals surface area contributed by atoms with Crippen LogP contribution in [0.5, 0.6) is 0 Å². The Hall–Kier alpha value is -1.94. The van der Waals surface area contributed by atoms with Gasteiger partial charge in [-0.2, -0.15) is 0 Å². The fraction of sp³-hybridized carbons (Fsp3) is 0.400. The molecule has 1 saturated heterocycles. The molecule has 0 aromatic heterocycles. The molecule has 1 amide bonds. The van der Waals surface area contributed by atoms with Crippen LogP contribution in [0.4, 0.5) is 4.39 Å². The van der Waals surface area contributed by atoms with Gasteiger partial charge in [0.1, 0.15) is 12.4 Å². The number of ether oxygens (including phenoxy) is 1. The zero-order valence-electron chi connectivity index (χ0n) is 11.4. The van der Waals surface area contributed by atoms with Gasteiger partial charge in [-0.25, -0.2) is 4.39 Å². The number of amides is 1. The minimum absolute atomic E-state index is 0.135. The van der Waals surface area contributed by atoms with E-state index in [0.717, 1.165) is 6.07 Å². The summed E-state index contributed by atoms with van der Waals surface area (Å²) in [5.41, 5.74) is 0.358. The first-order valence-corrected chi connectivity index (χ1v) is 6.56. The SMILES string of the molecule is O=C(c1ccc(C#CCO)c(F)c1)N1CCOC(CO)C1. The van der Waals surface area contributed by atoms with Crippen molar-refractivity contribution in [2.75, 3.05) is 32.9 Å². The van der Waals surface area contributed by atoms with Crippen LogP contribution in [0.25, 0.3) is 0 Å². The summed E-state index contributed by atoms with van der Waals surface area (Å²) in [5, 5.41) is 17.7. The molecular formula is C15H16FNO4. The molecule has 1 fully saturated rings. The summed E-state index contributed by atoms with van der Waals surface area (Å²) in [6.45, 7) is 0.524. The molecule has 0 radical (unpaired) electrons. The van der Waals surface area contributed by atoms with Gasteiger partial charge in [-0.05, 0) is 18.2 Å². The molecule has 0 spiro atoms. The molecule has 6 heteroatoms. The van der Waals surface area contributed by atoms with Crippen LogP contribution in [-0.2, 0) is 4.74 Å². The highest BCUT2D eigenvalue weighted by Crippen LogP contribution is 2.14. The zero-order valence-corrected chi connectivity index (χ0v) is 11.4. The van der Waals surface area contributed by atoms with Crippen molar-refractivity contribution in [1.82, 2.24) is 4.90 Å². The number of aliphatic hydroxyl groups excluding tert-OH is 2. The first-order valence-electron chi connectivity index (χ1n) is 6.56. The van der Waals surface area contributed by atoms with Gasteiger partial charge in [0.15, 0.2) is 0 Å². The van der Waals surface area contributed by atoms with Crippen LogP contribution in [0.1, 0.15) is 15.9 Å². The molecule has 2 rings (SSSR count). The lowest BCUT2D eigenvalue weighted by Gasteiger charge is -2.32. The normalized spacial score (nSPS) is 18.0. The summed E-state index contributed by atoms with van der Waals surface area (Å²) in [6.07, 6.45) is -0.401. The van der Waals surface area contributed by atoms with Gasteiger partial charge >= 0.3 is 0 Å². The van der Waals surface area contributed by atoms with Crippen molar-refractivity contribution in [1.29, 1.82) is 0 Å². The van der Waals surface area contributed by atoms with E-state index in [-0.39, 0.29) is 36.8 Å². The maximum Gasteiger partial charge on any atom is 0.254 e. The molecule has 1 atom stereocenters. The third kappa shape index (κ3) is 3.79. The van der Waals surface area contributed by atoms with E-state index >= 15 is 0 Å². The summed E-state index contributed by atoms with van der Waals surface area (Å²) < 4.78 is 19.1. The average Bonchev–Trinajstić information content (AvgIpc) is 2.53. The van der Waals surface area contributed by atoms with Crippen molar-refractivity contribution in [3.63, 3.8) is 0 Å². The lowest BCUT2D eigenvalue weighted by Crippen LogP contribution is -2.46. The number of morpholine rings is 1. The summed E-state index contributed by atoms with van der Waals surface area (Å²) in [4.78, 5) is 13.8. The number of carbonyl (C=O) groups is 1. The molecule has 21 heavy (non-hydrogen) atoms. The van der Waals surface area contributed by atoms with Crippen molar-refractivity contribution in [2.24, 2.45) is 0 Å². The number of halogens is 1. The monoisotopic (exact) mass is 293 g/mol. The molecule has 1 aliphatic heterocycles. The molecular weight excluding hydrogens is 277 g/mol. The third-order valence-electron chi connectivity index (χ3n) is 3.15. The molecule has 5 nitrogen and oxygen atoms in total. The Morgan fingerprint density at radius 3 is 2.95 bits per heavy atom. The number of hydrogen-bond acceptors (Lipinski definition) is 4. The quantitative estimate of drug-likeness (QED) is 0.753. The van der Waals surface area contributed by atoms with Crippen molar-refractivity contribution in [3.05, 3.63) is 35.1 Å². The number of carbonyl (C=O) groups excluding carboxylic acids is 1. The number of aliphatic hydroxyl groups is 2. The molecule has 0 saturated carbocycles. The number of hydrogen-bond donors (Lipinski definition) is 2. The van der Waals surface area contributed by atoms with Gasteiger partial charge in [0.05, 0.1) is 24.9 Å². The second kappa shape index (κ2) is 7.18. The Kier molecular flexibility index (Phi) is 5.28. The van der Waals surface area contributed by atoms with Gasteiger partial charge in [-0.1, -0.05) is 11.8 Å². The molecule has 0 aliphatic carbocycles. The molecule has 112 valence electrons. The van der Waals surface area contributed by atoms with Crippen LogP contribution in [0.3, 0.4) is 0 Å². The minimum Gasteiger partial charge on any atom is -0.394 e. The van der Waals surface area contributed by atoms with E-state index < -0.39 is 11.9 Å². The van der Waals surface area contributed by atoms with Crippen molar-refractivity contribution in [2.45, 2.75) is 6.10 Å². The van der Waals surface area contributed by atoms with E-state index in [1.54, 1.807) is 0 Å². The Labute approximate surface area is 121 Å². The summed E-state index contributed by atoms with van der Waals surface area (Å²) >= 11 is 0. The van der Waals surface area contributed by atoms with E-state index in [2.05, 4.69) is 11.8 Å². The van der Waals surface area contributed by atoms with Crippen LogP contribution >= 0.6 is 0 Å². The number of nitrogens with zero attached hydrogens (tertiary/aromatic N) is 1. The van der Waals surface area contributed by atoms with Gasteiger partial charge in [0, 0.05) is 18.7 Å². The van der Waals surface area contributed by atoms with E-state index in [1.807, 2.05) is 0 Å². The highest BCUT2D eigenvalue weighted by molar-refractivity contribution is 5.94. The van der Waals surface area contributed by atoms with E-state index in [4.69, 9.17) is 14.9 Å². The molecule has 1 unspecified atom stereocenters. The lowest BCUT2D eigenvalue weighted by atomic mass is 10.1. The first kappa shape index (κ1) is 15.4. The predicted molar refractivity (Wildman–Crippen MR) is 73.1 cm³/mol. The first-order chi connectivity index (χ1) is 10.2. The smallest absolute Gasteiger partial charge is 0.254 e. The minimum atomic E-state index is -0.603. The number of benzene rings is 1. The fourth-order valence-electron chi connectivity index (χ4n) is 2.08. The van der Waals surface area contributed by atoms with Crippen molar-refractivity contribution >= 4 is 5.91 Å². The maximum absolute atomic E-state index is 13.8.